The summed E-state index contributed by atoms with van der Waals surface area (Å²) in [7, 11) is 0. The smallest absolute Gasteiger partial charge is 0.406 e. The summed E-state index contributed by atoms with van der Waals surface area (Å²) in [6.45, 7) is 5.69. The van der Waals surface area contributed by atoms with Gasteiger partial charge in [0, 0.05) is 24.4 Å². The minimum absolute atomic E-state index is 0.167. The Morgan fingerprint density at radius 1 is 1.22 bits per heavy atom. The maximum absolute atomic E-state index is 12.1. The second-order valence-corrected chi connectivity index (χ2v) is 5.89. The first-order chi connectivity index (χ1) is 12.6. The molecule has 0 radical (unpaired) electrons. The number of rotatable bonds is 4. The molecular formula is C17H20F3N5O2. The predicted octanol–water partition coefficient (Wildman–Crippen LogP) is 3.33. The van der Waals surface area contributed by atoms with Gasteiger partial charge in [0.15, 0.2) is 0 Å². The summed E-state index contributed by atoms with van der Waals surface area (Å²) < 4.78 is 41.7. The molecule has 3 aromatic rings. The van der Waals surface area contributed by atoms with E-state index in [4.69, 9.17) is 5.11 Å². The Labute approximate surface area is 153 Å². The number of aliphatic hydroxyl groups is 1. The number of nitrogens with one attached hydrogen (secondary N) is 1. The minimum atomic E-state index is -4.69. The van der Waals surface area contributed by atoms with E-state index in [1.165, 1.54) is 18.5 Å². The molecule has 146 valence electrons. The van der Waals surface area contributed by atoms with E-state index in [-0.39, 0.29) is 11.9 Å². The molecule has 2 heterocycles. The second kappa shape index (κ2) is 8.67. The monoisotopic (exact) mass is 383 g/mol. The molecule has 0 atom stereocenters. The number of hydrogen-bond donors (Lipinski definition) is 2. The van der Waals surface area contributed by atoms with Crippen molar-refractivity contribution in [2.45, 2.75) is 39.8 Å². The Morgan fingerprint density at radius 3 is 2.44 bits per heavy atom. The molecule has 0 aliphatic carbocycles. The SMILES string of the molecule is CC(C)O.Cc1cc(NCc2ccc(OC(F)(F)F)cc2)n2ncnc2n1. The van der Waals surface area contributed by atoms with Crippen molar-refractivity contribution in [3.05, 3.63) is 47.9 Å². The van der Waals surface area contributed by atoms with Gasteiger partial charge in [0.2, 0.25) is 0 Å². The van der Waals surface area contributed by atoms with Crippen LogP contribution in [0.25, 0.3) is 5.78 Å². The lowest BCUT2D eigenvalue weighted by molar-refractivity contribution is -0.274. The van der Waals surface area contributed by atoms with Gasteiger partial charge in [-0.05, 0) is 38.5 Å². The fourth-order valence-corrected chi connectivity index (χ4v) is 2.06. The summed E-state index contributed by atoms with van der Waals surface area (Å²) in [5.74, 6) is 0.918. The van der Waals surface area contributed by atoms with Gasteiger partial charge < -0.3 is 15.2 Å². The molecule has 2 aromatic heterocycles. The van der Waals surface area contributed by atoms with Crippen molar-refractivity contribution >= 4 is 11.6 Å². The number of aromatic nitrogens is 4. The summed E-state index contributed by atoms with van der Waals surface area (Å²) in [6, 6.07) is 7.46. The third kappa shape index (κ3) is 6.74. The summed E-state index contributed by atoms with van der Waals surface area (Å²) in [4.78, 5) is 8.24. The maximum Gasteiger partial charge on any atom is 0.573 e. The van der Waals surface area contributed by atoms with E-state index in [0.717, 1.165) is 11.3 Å². The Kier molecular flexibility index (Phi) is 6.56. The van der Waals surface area contributed by atoms with E-state index in [1.54, 1.807) is 30.5 Å². The first-order valence-electron chi connectivity index (χ1n) is 8.08. The Hall–Kier alpha value is -2.88. The zero-order valence-electron chi connectivity index (χ0n) is 15.0. The van der Waals surface area contributed by atoms with E-state index in [1.807, 2.05) is 13.0 Å². The number of aliphatic hydroxyl groups excluding tert-OH is 1. The third-order valence-corrected chi connectivity index (χ3v) is 3.01. The highest BCUT2D eigenvalue weighted by Gasteiger charge is 2.30. The molecule has 0 saturated heterocycles. The zero-order valence-corrected chi connectivity index (χ0v) is 15.0. The number of aryl methyl sites for hydroxylation is 1. The van der Waals surface area contributed by atoms with Crippen molar-refractivity contribution in [3.63, 3.8) is 0 Å². The highest BCUT2D eigenvalue weighted by Crippen LogP contribution is 2.23. The van der Waals surface area contributed by atoms with Crippen LogP contribution in [0.2, 0.25) is 0 Å². The average molecular weight is 383 g/mol. The van der Waals surface area contributed by atoms with Gasteiger partial charge in [0.05, 0.1) is 0 Å². The molecule has 27 heavy (non-hydrogen) atoms. The van der Waals surface area contributed by atoms with Gasteiger partial charge in [-0.25, -0.2) is 4.98 Å². The van der Waals surface area contributed by atoms with Gasteiger partial charge in [-0.1, -0.05) is 12.1 Å². The molecule has 0 saturated carbocycles. The first kappa shape index (κ1) is 20.4. The van der Waals surface area contributed by atoms with Crippen molar-refractivity contribution in [3.8, 4) is 5.75 Å². The van der Waals surface area contributed by atoms with Crippen molar-refractivity contribution < 1.29 is 23.0 Å². The van der Waals surface area contributed by atoms with Crippen molar-refractivity contribution in [2.75, 3.05) is 5.32 Å². The molecular weight excluding hydrogens is 363 g/mol. The van der Waals surface area contributed by atoms with Crippen LogP contribution in [-0.4, -0.2) is 37.2 Å². The number of benzene rings is 1. The first-order valence-corrected chi connectivity index (χ1v) is 8.08. The van der Waals surface area contributed by atoms with E-state index in [2.05, 4.69) is 25.1 Å². The lowest BCUT2D eigenvalue weighted by Crippen LogP contribution is -2.17. The van der Waals surface area contributed by atoms with Crippen molar-refractivity contribution in [1.29, 1.82) is 0 Å². The van der Waals surface area contributed by atoms with Crippen LogP contribution < -0.4 is 10.1 Å². The number of hydrogen-bond acceptors (Lipinski definition) is 6. The van der Waals surface area contributed by atoms with Crippen LogP contribution in [0.15, 0.2) is 36.7 Å². The van der Waals surface area contributed by atoms with Gasteiger partial charge in [-0.2, -0.15) is 14.6 Å². The van der Waals surface area contributed by atoms with Gasteiger partial charge in [-0.15, -0.1) is 13.2 Å². The molecule has 2 N–H and O–H groups in total. The van der Waals surface area contributed by atoms with Crippen LogP contribution >= 0.6 is 0 Å². The van der Waals surface area contributed by atoms with Crippen LogP contribution in [0.3, 0.4) is 0 Å². The number of halogens is 3. The molecule has 0 spiro atoms. The lowest BCUT2D eigenvalue weighted by atomic mass is 10.2. The molecule has 1 aromatic carbocycles. The molecule has 0 aliphatic rings. The molecule has 10 heteroatoms. The second-order valence-electron chi connectivity index (χ2n) is 5.89. The van der Waals surface area contributed by atoms with Crippen LogP contribution in [0.1, 0.15) is 25.1 Å². The standard InChI is InChI=1S/C14H12F3N5O.C3H8O/c1-9-6-12(22-13(21-9)19-8-20-22)18-7-10-2-4-11(5-3-10)23-14(15,16)17;1-3(2)4/h2-6,8,18H,7H2,1H3;3-4H,1-2H3. The van der Waals surface area contributed by atoms with Gasteiger partial charge >= 0.3 is 6.36 Å². The fraction of sp³-hybridized carbons (Fsp3) is 0.353. The number of ether oxygens (including phenoxy) is 1. The van der Waals surface area contributed by atoms with E-state index < -0.39 is 6.36 Å². The zero-order chi connectivity index (χ0) is 20.0. The molecule has 0 bridgehead atoms. The molecule has 7 nitrogen and oxygen atoms in total. The Balaban J connectivity index is 0.000000596. The lowest BCUT2D eigenvalue weighted by Gasteiger charge is -2.11. The maximum atomic E-state index is 12.1. The Morgan fingerprint density at radius 2 is 1.85 bits per heavy atom. The number of anilines is 1. The van der Waals surface area contributed by atoms with E-state index >= 15 is 0 Å². The van der Waals surface area contributed by atoms with Crippen LogP contribution in [0, 0.1) is 6.92 Å². The number of fused-ring (bicyclic) bond motifs is 1. The van der Waals surface area contributed by atoms with Crippen LogP contribution in [0.5, 0.6) is 5.75 Å². The fourth-order valence-electron chi connectivity index (χ4n) is 2.06. The number of alkyl halides is 3. The van der Waals surface area contributed by atoms with Crippen LogP contribution in [0.4, 0.5) is 19.0 Å². The van der Waals surface area contributed by atoms with Gasteiger partial charge in [0.25, 0.3) is 5.78 Å². The summed E-state index contributed by atoms with van der Waals surface area (Å²) >= 11 is 0. The molecule has 0 unspecified atom stereocenters. The molecule has 3 rings (SSSR count). The highest BCUT2D eigenvalue weighted by atomic mass is 19.4. The quantitative estimate of drug-likeness (QED) is 0.719. The topological polar surface area (TPSA) is 84.6 Å². The minimum Gasteiger partial charge on any atom is -0.406 e. The summed E-state index contributed by atoms with van der Waals surface area (Å²) in [5, 5.41) is 15.3. The van der Waals surface area contributed by atoms with E-state index in [9.17, 15) is 13.2 Å². The van der Waals surface area contributed by atoms with Gasteiger partial charge in [0.1, 0.15) is 17.9 Å². The van der Waals surface area contributed by atoms with Gasteiger partial charge in [-0.3, -0.25) is 0 Å². The highest BCUT2D eigenvalue weighted by molar-refractivity contribution is 5.45. The normalized spacial score (nSPS) is 11.3. The third-order valence-electron chi connectivity index (χ3n) is 3.01. The average Bonchev–Trinajstić information content (AvgIpc) is 3.00. The molecule has 0 aliphatic heterocycles. The van der Waals surface area contributed by atoms with Crippen molar-refractivity contribution in [2.24, 2.45) is 0 Å². The number of nitrogens with zero attached hydrogens (tertiary/aromatic N) is 4. The van der Waals surface area contributed by atoms with Crippen molar-refractivity contribution in [1.82, 2.24) is 19.6 Å². The summed E-state index contributed by atoms with van der Waals surface area (Å²) in [6.07, 6.45) is -3.46. The largest absolute Gasteiger partial charge is 0.573 e. The predicted molar refractivity (Wildman–Crippen MR) is 93.3 cm³/mol. The summed E-state index contributed by atoms with van der Waals surface area (Å²) in [5.41, 5.74) is 1.57. The molecule has 0 fully saturated rings. The molecule has 0 amide bonds. The van der Waals surface area contributed by atoms with E-state index in [0.29, 0.717) is 18.1 Å². The Bertz CT molecular complexity index is 860. The van der Waals surface area contributed by atoms with Crippen LogP contribution in [-0.2, 0) is 6.54 Å².